The van der Waals surface area contributed by atoms with Crippen LogP contribution in [0, 0.1) is 0 Å². The van der Waals surface area contributed by atoms with E-state index in [1.807, 2.05) is 60.7 Å². The lowest BCUT2D eigenvalue weighted by Crippen LogP contribution is -2.21. The van der Waals surface area contributed by atoms with Gasteiger partial charge in [-0.05, 0) is 53.6 Å². The normalized spacial score (nSPS) is 11.9. The second kappa shape index (κ2) is 9.12. The monoisotopic (exact) mass is 430 g/mol. The molecule has 1 unspecified atom stereocenters. The zero-order chi connectivity index (χ0) is 21.8. The average Bonchev–Trinajstić information content (AvgIpc) is 2.79. The molecule has 4 rings (SSSR count). The number of fused-ring (bicyclic) bond motifs is 1. The van der Waals surface area contributed by atoms with Crippen LogP contribution >= 0.6 is 0 Å². The molecule has 4 aromatic rings. The topological polar surface area (TPSA) is 80.7 Å². The summed E-state index contributed by atoms with van der Waals surface area (Å²) >= 11 is -2.52. The van der Waals surface area contributed by atoms with Crippen molar-refractivity contribution in [1.29, 1.82) is 0 Å². The van der Waals surface area contributed by atoms with Gasteiger partial charge in [0, 0.05) is 5.39 Å². The fourth-order valence-corrected chi connectivity index (χ4v) is 4.39. The molecule has 4 aromatic carbocycles. The number of carboxylic acids is 1. The van der Waals surface area contributed by atoms with Crippen molar-refractivity contribution in [2.45, 2.75) is 12.8 Å². The first-order valence-electron chi connectivity index (χ1n) is 9.82. The van der Waals surface area contributed by atoms with Crippen LogP contribution in [0.2, 0.25) is 0 Å². The lowest BCUT2D eigenvalue weighted by atomic mass is 10.0. The summed E-state index contributed by atoms with van der Waals surface area (Å²) in [7, 11) is 0. The number of nitrogens with zero attached hydrogens (tertiary/aromatic N) is 1. The number of para-hydroxylation sites is 1. The number of hydrogen-bond donors (Lipinski definition) is 1. The zero-order valence-electron chi connectivity index (χ0n) is 16.6. The van der Waals surface area contributed by atoms with E-state index in [1.165, 1.54) is 4.31 Å². The minimum atomic E-state index is -2.52. The SMILES string of the molecule is O=C(O)c1cccc(CCc2ccccc2N(c2cccc3ccccc23)S(=O)[O-])c1. The lowest BCUT2D eigenvalue weighted by Gasteiger charge is -2.29. The number of hydrogen-bond acceptors (Lipinski definition) is 3. The molecule has 0 aromatic heterocycles. The number of rotatable bonds is 7. The summed E-state index contributed by atoms with van der Waals surface area (Å²) in [6, 6.07) is 27.5. The van der Waals surface area contributed by atoms with Crippen molar-refractivity contribution < 1.29 is 18.7 Å². The Hall–Kier alpha value is -3.48. The van der Waals surface area contributed by atoms with Gasteiger partial charge in [0.05, 0.1) is 28.2 Å². The van der Waals surface area contributed by atoms with Gasteiger partial charge in [-0.2, -0.15) is 0 Å². The molecule has 1 atom stereocenters. The van der Waals surface area contributed by atoms with Gasteiger partial charge >= 0.3 is 5.97 Å². The summed E-state index contributed by atoms with van der Waals surface area (Å²) in [6.45, 7) is 0. The molecule has 5 nitrogen and oxygen atoms in total. The highest BCUT2D eigenvalue weighted by atomic mass is 32.2. The van der Waals surface area contributed by atoms with Crippen LogP contribution < -0.4 is 4.31 Å². The molecule has 0 aliphatic rings. The van der Waals surface area contributed by atoms with Gasteiger partial charge in [0.2, 0.25) is 0 Å². The average molecular weight is 431 g/mol. The molecule has 0 amide bonds. The first kappa shape index (κ1) is 20.8. The van der Waals surface area contributed by atoms with Crippen molar-refractivity contribution in [1.82, 2.24) is 0 Å². The highest BCUT2D eigenvalue weighted by Gasteiger charge is 2.17. The lowest BCUT2D eigenvalue weighted by molar-refractivity contribution is 0.0696. The molecule has 1 N–H and O–H groups in total. The van der Waals surface area contributed by atoms with Gasteiger partial charge in [-0.1, -0.05) is 66.7 Å². The first-order valence-corrected chi connectivity index (χ1v) is 10.8. The number of aryl methyl sites for hydroxylation is 2. The fourth-order valence-electron chi connectivity index (χ4n) is 3.74. The van der Waals surface area contributed by atoms with Crippen LogP contribution in [0.1, 0.15) is 21.5 Å². The molecule has 0 radical (unpaired) electrons. The molecule has 31 heavy (non-hydrogen) atoms. The second-order valence-electron chi connectivity index (χ2n) is 7.14. The molecular weight excluding hydrogens is 410 g/mol. The molecule has 0 spiro atoms. The van der Waals surface area contributed by atoms with Crippen LogP contribution in [-0.2, 0) is 24.1 Å². The minimum Gasteiger partial charge on any atom is -0.755 e. The number of carbonyl (C=O) groups is 1. The number of carboxylic acid groups (broad SMARTS) is 1. The molecule has 0 aliphatic carbocycles. The Labute approximate surface area is 183 Å². The molecule has 0 fully saturated rings. The van der Waals surface area contributed by atoms with E-state index in [-0.39, 0.29) is 5.56 Å². The van der Waals surface area contributed by atoms with Gasteiger partial charge in [0.15, 0.2) is 0 Å². The highest BCUT2D eigenvalue weighted by molar-refractivity contribution is 7.81. The summed E-state index contributed by atoms with van der Waals surface area (Å²) < 4.78 is 26.0. The maximum absolute atomic E-state index is 12.4. The van der Waals surface area contributed by atoms with Crippen molar-refractivity contribution in [3.05, 3.63) is 108 Å². The van der Waals surface area contributed by atoms with Gasteiger partial charge < -0.3 is 9.66 Å². The molecular formula is C25H20NO4S-. The van der Waals surface area contributed by atoms with Gasteiger partial charge in [-0.25, -0.2) is 4.79 Å². The Kier molecular flexibility index (Phi) is 6.11. The van der Waals surface area contributed by atoms with E-state index in [0.717, 1.165) is 21.9 Å². The maximum Gasteiger partial charge on any atom is 0.335 e. The summed E-state index contributed by atoms with van der Waals surface area (Å²) in [4.78, 5) is 11.2. The van der Waals surface area contributed by atoms with Gasteiger partial charge in [-0.3, -0.25) is 8.51 Å². The van der Waals surface area contributed by atoms with Crippen LogP contribution in [0.5, 0.6) is 0 Å². The molecule has 156 valence electrons. The van der Waals surface area contributed by atoms with Gasteiger partial charge in [-0.15, -0.1) is 0 Å². The maximum atomic E-state index is 12.4. The first-order chi connectivity index (χ1) is 15.0. The molecule has 6 heteroatoms. The van der Waals surface area contributed by atoms with Crippen molar-refractivity contribution >= 4 is 39.4 Å². The summed E-state index contributed by atoms with van der Waals surface area (Å²) in [5.74, 6) is -0.967. The third-order valence-corrected chi connectivity index (χ3v) is 5.89. The van der Waals surface area contributed by atoms with Crippen molar-refractivity contribution in [2.75, 3.05) is 4.31 Å². The quantitative estimate of drug-likeness (QED) is 0.406. The van der Waals surface area contributed by atoms with E-state index in [9.17, 15) is 18.7 Å². The minimum absolute atomic E-state index is 0.240. The second-order valence-corrected chi connectivity index (χ2v) is 7.94. The van der Waals surface area contributed by atoms with E-state index in [4.69, 9.17) is 0 Å². The highest BCUT2D eigenvalue weighted by Crippen LogP contribution is 2.35. The van der Waals surface area contributed by atoms with E-state index in [0.29, 0.717) is 24.2 Å². The summed E-state index contributed by atoms with van der Waals surface area (Å²) in [5.41, 5.74) is 3.16. The van der Waals surface area contributed by atoms with E-state index in [1.54, 1.807) is 30.3 Å². The van der Waals surface area contributed by atoms with Crippen LogP contribution in [0.15, 0.2) is 91.0 Å². The van der Waals surface area contributed by atoms with Crippen LogP contribution in [0.25, 0.3) is 10.8 Å². The summed E-state index contributed by atoms with van der Waals surface area (Å²) in [5, 5.41) is 11.0. The zero-order valence-corrected chi connectivity index (χ0v) is 17.4. The van der Waals surface area contributed by atoms with Crippen LogP contribution in [0.3, 0.4) is 0 Å². The predicted octanol–water partition coefficient (Wildman–Crippen LogP) is 5.26. The largest absolute Gasteiger partial charge is 0.755 e. The van der Waals surface area contributed by atoms with Crippen molar-refractivity contribution in [3.8, 4) is 0 Å². The fraction of sp³-hybridized carbons (Fsp3) is 0.0800. The third-order valence-electron chi connectivity index (χ3n) is 5.20. The number of benzene rings is 4. The number of anilines is 2. The molecule has 0 saturated heterocycles. The standard InChI is InChI=1S/C25H21NO4S/c27-25(28)21-11-5-7-18(17-21)15-16-20-9-2-4-13-23(20)26(31(29)30)24-14-6-10-19-8-1-3-12-22(19)24/h1-14,17H,15-16H2,(H,27,28)(H,29,30)/p-1. The van der Waals surface area contributed by atoms with Crippen molar-refractivity contribution in [3.63, 3.8) is 0 Å². The molecule has 0 aliphatic heterocycles. The van der Waals surface area contributed by atoms with E-state index in [2.05, 4.69) is 0 Å². The Morgan fingerprint density at radius 1 is 0.839 bits per heavy atom. The van der Waals surface area contributed by atoms with E-state index >= 15 is 0 Å². The molecule has 0 heterocycles. The number of aromatic carboxylic acids is 1. The van der Waals surface area contributed by atoms with E-state index < -0.39 is 17.2 Å². The predicted molar refractivity (Wildman–Crippen MR) is 122 cm³/mol. The summed E-state index contributed by atoms with van der Waals surface area (Å²) in [6.07, 6.45) is 1.16. The molecule has 0 bridgehead atoms. The Morgan fingerprint density at radius 2 is 1.52 bits per heavy atom. The molecule has 0 saturated carbocycles. The van der Waals surface area contributed by atoms with Crippen LogP contribution in [-0.4, -0.2) is 19.8 Å². The Bertz CT molecular complexity index is 1270. The Balaban J connectivity index is 1.71. The van der Waals surface area contributed by atoms with Gasteiger partial charge in [0.1, 0.15) is 0 Å². The third kappa shape index (κ3) is 4.50. The Morgan fingerprint density at radius 3 is 2.32 bits per heavy atom. The smallest absolute Gasteiger partial charge is 0.335 e. The van der Waals surface area contributed by atoms with Gasteiger partial charge in [0.25, 0.3) is 0 Å². The van der Waals surface area contributed by atoms with Crippen molar-refractivity contribution in [2.24, 2.45) is 0 Å². The van der Waals surface area contributed by atoms with Crippen LogP contribution in [0.4, 0.5) is 11.4 Å².